The summed E-state index contributed by atoms with van der Waals surface area (Å²) in [6.07, 6.45) is 3.39. The van der Waals surface area contributed by atoms with Crippen molar-refractivity contribution < 1.29 is 9.42 Å². The molecule has 3 aromatic rings. The fourth-order valence-electron chi connectivity index (χ4n) is 1.86. The van der Waals surface area contributed by atoms with Crippen LogP contribution in [0.15, 0.2) is 40.0 Å². The normalized spacial score (nSPS) is 10.7. The zero-order chi connectivity index (χ0) is 16.9. The van der Waals surface area contributed by atoms with E-state index >= 15 is 0 Å². The van der Waals surface area contributed by atoms with Crippen LogP contribution in [0.5, 0.6) is 0 Å². The van der Waals surface area contributed by atoms with Crippen LogP contribution in [0.1, 0.15) is 16.1 Å². The maximum atomic E-state index is 12.0. The zero-order valence-electron chi connectivity index (χ0n) is 12.6. The van der Waals surface area contributed by atoms with Gasteiger partial charge in [-0.3, -0.25) is 10.2 Å². The summed E-state index contributed by atoms with van der Waals surface area (Å²) in [5, 5.41) is 14.5. The number of carbonyl (C=O) groups is 1. The molecular formula is C13H14N8O2S. The molecule has 124 valence electrons. The second-order valence-electron chi connectivity index (χ2n) is 4.68. The molecule has 4 N–H and O–H groups in total. The minimum absolute atomic E-state index is 0.0543. The Kier molecular flexibility index (Phi) is 4.72. The fourth-order valence-corrected chi connectivity index (χ4v) is 2.26. The minimum Gasteiger partial charge on any atom is -0.378 e. The van der Waals surface area contributed by atoms with E-state index in [4.69, 9.17) is 5.73 Å². The number of aromatic nitrogens is 5. The number of hydrazine groups is 1. The first-order valence-corrected chi connectivity index (χ1v) is 8.06. The van der Waals surface area contributed by atoms with Crippen LogP contribution >= 0.6 is 11.8 Å². The van der Waals surface area contributed by atoms with Crippen LogP contribution in [0.2, 0.25) is 0 Å². The summed E-state index contributed by atoms with van der Waals surface area (Å²) in [6.45, 7) is 0.481. The lowest BCUT2D eigenvalue weighted by atomic mass is 10.2. The van der Waals surface area contributed by atoms with Gasteiger partial charge in [0.15, 0.2) is 5.69 Å². The Bertz CT molecular complexity index is 829. The Labute approximate surface area is 140 Å². The Morgan fingerprint density at radius 1 is 1.33 bits per heavy atom. The van der Waals surface area contributed by atoms with Crippen molar-refractivity contribution in [3.8, 4) is 5.82 Å². The molecule has 1 amide bonds. The smallest absolute Gasteiger partial charge is 0.287 e. The van der Waals surface area contributed by atoms with Crippen LogP contribution in [0.4, 0.5) is 5.82 Å². The maximum absolute atomic E-state index is 12.0. The average Bonchev–Trinajstić information content (AvgIpc) is 3.24. The molecule has 0 aliphatic carbocycles. The highest BCUT2D eigenvalue weighted by atomic mass is 32.2. The molecule has 0 saturated heterocycles. The highest BCUT2D eigenvalue weighted by molar-refractivity contribution is 7.98. The molecule has 0 unspecified atom stereocenters. The van der Waals surface area contributed by atoms with Crippen molar-refractivity contribution in [2.75, 3.05) is 12.0 Å². The van der Waals surface area contributed by atoms with Crippen molar-refractivity contribution in [1.82, 2.24) is 36.2 Å². The molecule has 0 atom stereocenters. The van der Waals surface area contributed by atoms with E-state index in [0.29, 0.717) is 6.54 Å². The molecule has 0 radical (unpaired) electrons. The Morgan fingerprint density at radius 3 is 2.79 bits per heavy atom. The van der Waals surface area contributed by atoms with Gasteiger partial charge in [0.05, 0.1) is 6.20 Å². The molecule has 0 aliphatic heterocycles. The van der Waals surface area contributed by atoms with Crippen LogP contribution in [0, 0.1) is 0 Å². The Hall–Kier alpha value is -2.92. The average molecular weight is 346 g/mol. The second-order valence-corrected chi connectivity index (χ2v) is 5.56. The van der Waals surface area contributed by atoms with Gasteiger partial charge in [0.1, 0.15) is 0 Å². The number of hydrogen-bond acceptors (Lipinski definition) is 9. The molecule has 0 aliphatic rings. The quantitative estimate of drug-likeness (QED) is 0.427. The predicted molar refractivity (Wildman–Crippen MR) is 86.2 cm³/mol. The number of nitrogens with two attached hydrogens (primary N) is 1. The third kappa shape index (κ3) is 3.52. The number of nitrogen functional groups attached to an aromatic ring is 1. The predicted octanol–water partition coefficient (Wildman–Crippen LogP) is 0.389. The third-order valence-electron chi connectivity index (χ3n) is 3.09. The number of hydrogen-bond donors (Lipinski definition) is 3. The molecule has 2 heterocycles. The summed E-state index contributed by atoms with van der Waals surface area (Å²) in [5.41, 5.74) is 12.1. The molecule has 0 saturated carbocycles. The molecule has 0 spiro atoms. The lowest BCUT2D eigenvalue weighted by Crippen LogP contribution is -2.37. The van der Waals surface area contributed by atoms with Crippen LogP contribution in [0.3, 0.4) is 0 Å². The summed E-state index contributed by atoms with van der Waals surface area (Å²) in [7, 11) is 0. The highest BCUT2D eigenvalue weighted by Crippen LogP contribution is 2.14. The van der Waals surface area contributed by atoms with Crippen molar-refractivity contribution >= 4 is 23.5 Å². The molecule has 1 aromatic carbocycles. The van der Waals surface area contributed by atoms with Crippen molar-refractivity contribution in [3.05, 3.63) is 41.7 Å². The Balaban J connectivity index is 1.55. The maximum Gasteiger partial charge on any atom is 0.287 e. The van der Waals surface area contributed by atoms with Gasteiger partial charge in [-0.05, 0) is 34.3 Å². The van der Waals surface area contributed by atoms with Crippen LogP contribution in [-0.4, -0.2) is 37.5 Å². The third-order valence-corrected chi connectivity index (χ3v) is 3.84. The topological polar surface area (TPSA) is 137 Å². The van der Waals surface area contributed by atoms with Gasteiger partial charge in [-0.25, -0.2) is 10.1 Å². The number of carbonyl (C=O) groups excluding carboxylic acids is 1. The monoisotopic (exact) mass is 346 g/mol. The molecule has 3 rings (SSSR count). The van der Waals surface area contributed by atoms with E-state index in [0.717, 1.165) is 5.56 Å². The first-order valence-electron chi connectivity index (χ1n) is 6.84. The van der Waals surface area contributed by atoms with E-state index in [-0.39, 0.29) is 17.3 Å². The Morgan fingerprint density at radius 2 is 2.12 bits per heavy atom. The lowest BCUT2D eigenvalue weighted by molar-refractivity contribution is 0.0927. The molecule has 2 aromatic heterocycles. The number of nitrogens with zero attached hydrogens (tertiary/aromatic N) is 5. The van der Waals surface area contributed by atoms with E-state index in [9.17, 15) is 4.79 Å². The van der Waals surface area contributed by atoms with E-state index in [1.54, 1.807) is 11.8 Å². The molecule has 24 heavy (non-hydrogen) atoms. The van der Waals surface area contributed by atoms with Crippen LogP contribution < -0.4 is 16.6 Å². The molecule has 0 bridgehead atoms. The second kappa shape index (κ2) is 7.10. The van der Waals surface area contributed by atoms with E-state index in [1.165, 1.54) is 15.8 Å². The summed E-state index contributed by atoms with van der Waals surface area (Å²) in [6, 6.07) is 8.01. The summed E-state index contributed by atoms with van der Waals surface area (Å²) in [5.74, 6) is -0.209. The molecular weight excluding hydrogens is 332 g/mol. The summed E-state index contributed by atoms with van der Waals surface area (Å²) < 4.78 is 5.68. The number of amides is 1. The summed E-state index contributed by atoms with van der Waals surface area (Å²) >= 11 is 1.67. The van der Waals surface area contributed by atoms with Gasteiger partial charge in [-0.1, -0.05) is 17.3 Å². The zero-order valence-corrected chi connectivity index (χ0v) is 13.4. The minimum atomic E-state index is -0.433. The van der Waals surface area contributed by atoms with Gasteiger partial charge in [0.25, 0.3) is 5.91 Å². The van der Waals surface area contributed by atoms with E-state index in [1.807, 2.05) is 30.5 Å². The van der Waals surface area contributed by atoms with E-state index in [2.05, 4.69) is 36.1 Å². The number of rotatable bonds is 6. The van der Waals surface area contributed by atoms with Gasteiger partial charge < -0.3 is 5.73 Å². The molecule has 10 nitrogen and oxygen atoms in total. The summed E-state index contributed by atoms with van der Waals surface area (Å²) in [4.78, 5) is 13.2. The van der Waals surface area contributed by atoms with Crippen molar-refractivity contribution in [1.29, 1.82) is 0 Å². The fraction of sp³-hybridized carbons (Fsp3) is 0.154. The number of thioether (sulfide) groups is 1. The highest BCUT2D eigenvalue weighted by Gasteiger charge is 2.15. The molecule has 0 fully saturated rings. The van der Waals surface area contributed by atoms with Gasteiger partial charge in [-0.15, -0.1) is 16.9 Å². The molecule has 11 heteroatoms. The van der Waals surface area contributed by atoms with Gasteiger partial charge in [0.2, 0.25) is 11.6 Å². The van der Waals surface area contributed by atoms with Gasteiger partial charge >= 0.3 is 0 Å². The SMILES string of the molecule is CSc1ccc(CNNC(=O)c2cn(-c3nonc3N)nn2)cc1. The number of anilines is 1. The standard InChI is InChI=1S/C13H14N8O2S/c1-24-9-4-2-8(3-5-9)6-15-17-13(22)10-7-21(20-16-10)12-11(14)18-23-19-12/h2-5,7,15H,6H2,1H3,(H2,14,18)(H,17,22). The number of nitrogens with one attached hydrogen (secondary N) is 2. The van der Waals surface area contributed by atoms with E-state index < -0.39 is 5.91 Å². The van der Waals surface area contributed by atoms with Gasteiger partial charge in [-0.2, -0.15) is 4.68 Å². The number of benzene rings is 1. The van der Waals surface area contributed by atoms with Crippen molar-refractivity contribution in [3.63, 3.8) is 0 Å². The van der Waals surface area contributed by atoms with Crippen molar-refractivity contribution in [2.45, 2.75) is 11.4 Å². The largest absolute Gasteiger partial charge is 0.378 e. The van der Waals surface area contributed by atoms with Crippen molar-refractivity contribution in [2.24, 2.45) is 0 Å². The van der Waals surface area contributed by atoms with Gasteiger partial charge in [0, 0.05) is 11.4 Å². The van der Waals surface area contributed by atoms with Crippen LogP contribution in [-0.2, 0) is 6.54 Å². The lowest BCUT2D eigenvalue weighted by Gasteiger charge is -2.06. The first-order chi connectivity index (χ1) is 11.7. The first kappa shape index (κ1) is 16.0. The van der Waals surface area contributed by atoms with Crippen LogP contribution in [0.25, 0.3) is 5.82 Å².